The van der Waals surface area contributed by atoms with Gasteiger partial charge in [0.15, 0.2) is 11.9 Å². The molecule has 4 heterocycles. The number of hydrogen-bond donors (Lipinski definition) is 0. The molecule has 0 radical (unpaired) electrons. The van der Waals surface area contributed by atoms with Crippen molar-refractivity contribution in [3.8, 4) is 28.8 Å². The second kappa shape index (κ2) is 6.42. The van der Waals surface area contributed by atoms with Crippen molar-refractivity contribution < 1.29 is 14.2 Å². The van der Waals surface area contributed by atoms with Crippen molar-refractivity contribution in [3.05, 3.63) is 64.7 Å². The molecule has 0 fully saturated rings. The Morgan fingerprint density at radius 2 is 2.15 bits per heavy atom. The van der Waals surface area contributed by atoms with Gasteiger partial charge in [0, 0.05) is 24.4 Å². The van der Waals surface area contributed by atoms with Gasteiger partial charge in [-0.2, -0.15) is 4.98 Å². The van der Waals surface area contributed by atoms with Crippen molar-refractivity contribution in [2.75, 3.05) is 13.2 Å². The fourth-order valence-corrected chi connectivity index (χ4v) is 3.44. The number of aromatic nitrogens is 3. The zero-order chi connectivity index (χ0) is 18.2. The van der Waals surface area contributed by atoms with Gasteiger partial charge >= 0.3 is 5.69 Å². The van der Waals surface area contributed by atoms with Crippen LogP contribution in [0, 0.1) is 0 Å². The fourth-order valence-electron chi connectivity index (χ4n) is 3.44. The van der Waals surface area contributed by atoms with Crippen LogP contribution in [-0.2, 0) is 13.0 Å². The lowest BCUT2D eigenvalue weighted by molar-refractivity contribution is 0.0486. The summed E-state index contributed by atoms with van der Waals surface area (Å²) in [4.78, 5) is 20.6. The summed E-state index contributed by atoms with van der Waals surface area (Å²) in [7, 11) is 0. The van der Waals surface area contributed by atoms with Crippen LogP contribution < -0.4 is 19.9 Å². The molecule has 7 nitrogen and oxygen atoms in total. The van der Waals surface area contributed by atoms with Crippen LogP contribution in [0.4, 0.5) is 0 Å². The quantitative estimate of drug-likeness (QED) is 0.709. The lowest BCUT2D eigenvalue weighted by Gasteiger charge is -2.25. The Morgan fingerprint density at radius 3 is 3.11 bits per heavy atom. The summed E-state index contributed by atoms with van der Waals surface area (Å²) < 4.78 is 18.9. The van der Waals surface area contributed by atoms with Crippen molar-refractivity contribution >= 4 is 0 Å². The van der Waals surface area contributed by atoms with Crippen LogP contribution in [0.1, 0.15) is 5.56 Å². The number of pyridine rings is 1. The smallest absolute Gasteiger partial charge is 0.351 e. The highest BCUT2D eigenvalue weighted by Gasteiger charge is 2.23. The average molecular weight is 363 g/mol. The van der Waals surface area contributed by atoms with Gasteiger partial charge in [0.05, 0.1) is 5.69 Å². The van der Waals surface area contributed by atoms with Crippen LogP contribution in [-0.4, -0.2) is 33.9 Å². The van der Waals surface area contributed by atoms with Crippen molar-refractivity contribution in [2.45, 2.75) is 19.1 Å². The van der Waals surface area contributed by atoms with Gasteiger partial charge in [-0.25, -0.2) is 9.78 Å². The summed E-state index contributed by atoms with van der Waals surface area (Å²) >= 11 is 0. The molecule has 0 unspecified atom stereocenters. The topological polar surface area (TPSA) is 75.5 Å². The third-order valence-electron chi connectivity index (χ3n) is 4.74. The Hall–Kier alpha value is -3.35. The van der Waals surface area contributed by atoms with E-state index in [-0.39, 0.29) is 18.4 Å². The Kier molecular flexibility index (Phi) is 3.78. The third kappa shape index (κ3) is 2.91. The maximum absolute atomic E-state index is 12.4. The number of benzene rings is 1. The minimum absolute atomic E-state index is 0.228. The molecular formula is C20H17N3O4. The lowest BCUT2D eigenvalue weighted by atomic mass is 9.98. The van der Waals surface area contributed by atoms with Crippen LogP contribution in [0.25, 0.3) is 11.3 Å². The van der Waals surface area contributed by atoms with Crippen molar-refractivity contribution in [2.24, 2.45) is 0 Å². The summed E-state index contributed by atoms with van der Waals surface area (Å²) in [6.07, 6.45) is 2.18. The molecule has 5 rings (SSSR count). The molecule has 7 heteroatoms. The fraction of sp³-hybridized carbons (Fsp3) is 0.250. The first-order chi connectivity index (χ1) is 13.3. The van der Waals surface area contributed by atoms with Crippen molar-refractivity contribution in [1.82, 2.24) is 14.5 Å². The van der Waals surface area contributed by atoms with E-state index < -0.39 is 0 Å². The minimum Gasteiger partial charge on any atom is -0.478 e. The first kappa shape index (κ1) is 15.9. The van der Waals surface area contributed by atoms with E-state index in [9.17, 15) is 4.79 Å². The summed E-state index contributed by atoms with van der Waals surface area (Å²) in [5.74, 6) is 1.36. The normalized spacial score (nSPS) is 17.0. The zero-order valence-corrected chi connectivity index (χ0v) is 14.5. The predicted molar refractivity (Wildman–Crippen MR) is 97.3 cm³/mol. The molecule has 1 aromatic carbocycles. The molecule has 0 bridgehead atoms. The van der Waals surface area contributed by atoms with Gasteiger partial charge in [0.1, 0.15) is 13.2 Å². The monoisotopic (exact) mass is 363 g/mol. The summed E-state index contributed by atoms with van der Waals surface area (Å²) in [5.41, 5.74) is 2.81. The average Bonchev–Trinajstić information content (AvgIpc) is 2.72. The molecule has 0 aliphatic carbocycles. The third-order valence-corrected chi connectivity index (χ3v) is 4.74. The first-order valence-corrected chi connectivity index (χ1v) is 8.85. The van der Waals surface area contributed by atoms with Crippen LogP contribution in [0.15, 0.2) is 53.5 Å². The number of hydrogen-bond acceptors (Lipinski definition) is 6. The maximum atomic E-state index is 12.4. The highest BCUT2D eigenvalue weighted by Crippen LogP contribution is 2.30. The van der Waals surface area contributed by atoms with Gasteiger partial charge in [0.2, 0.25) is 5.88 Å². The molecule has 2 aliphatic heterocycles. The van der Waals surface area contributed by atoms with E-state index in [4.69, 9.17) is 14.2 Å². The zero-order valence-electron chi connectivity index (χ0n) is 14.5. The summed E-state index contributed by atoms with van der Waals surface area (Å²) in [6, 6.07) is 13.5. The van der Waals surface area contributed by atoms with E-state index in [2.05, 4.69) is 16.0 Å². The van der Waals surface area contributed by atoms with Crippen LogP contribution in [0.5, 0.6) is 17.5 Å². The van der Waals surface area contributed by atoms with Crippen molar-refractivity contribution in [1.29, 1.82) is 0 Å². The standard InChI is InChI=1S/C20H17N3O4/c24-20-22-18(10-16-15-5-2-1-4-13(15)7-9-23(16)20)25-11-14-12-26-19-17(27-14)6-3-8-21-19/h1-6,8,10,14H,7,9,11-12H2/t14-/m0/s1. The van der Waals surface area contributed by atoms with Gasteiger partial charge in [0.25, 0.3) is 5.88 Å². The number of aryl methyl sites for hydroxylation is 1. The predicted octanol–water partition coefficient (Wildman–Crippen LogP) is 2.08. The molecule has 0 saturated carbocycles. The Labute approximate surface area is 155 Å². The first-order valence-electron chi connectivity index (χ1n) is 8.85. The molecular weight excluding hydrogens is 346 g/mol. The van der Waals surface area contributed by atoms with E-state index >= 15 is 0 Å². The number of ether oxygens (including phenoxy) is 3. The van der Waals surface area contributed by atoms with Gasteiger partial charge in [-0.1, -0.05) is 24.3 Å². The van der Waals surface area contributed by atoms with Crippen LogP contribution in [0.2, 0.25) is 0 Å². The number of rotatable bonds is 3. The second-order valence-corrected chi connectivity index (χ2v) is 6.49. The lowest BCUT2D eigenvalue weighted by Crippen LogP contribution is -2.35. The molecule has 27 heavy (non-hydrogen) atoms. The molecule has 0 spiro atoms. The molecule has 2 aromatic heterocycles. The summed E-state index contributed by atoms with van der Waals surface area (Å²) in [5, 5.41) is 0. The number of fused-ring (bicyclic) bond motifs is 4. The highest BCUT2D eigenvalue weighted by molar-refractivity contribution is 5.66. The molecule has 0 N–H and O–H groups in total. The van der Waals surface area contributed by atoms with Gasteiger partial charge in [-0.3, -0.25) is 4.57 Å². The number of nitrogens with zero attached hydrogens (tertiary/aromatic N) is 3. The van der Waals surface area contributed by atoms with E-state index in [0.717, 1.165) is 17.7 Å². The van der Waals surface area contributed by atoms with E-state index in [1.807, 2.05) is 24.3 Å². The maximum Gasteiger partial charge on any atom is 0.351 e. The summed E-state index contributed by atoms with van der Waals surface area (Å²) in [6.45, 7) is 1.18. The Balaban J connectivity index is 1.37. The molecule has 1 atom stereocenters. The molecule has 2 aliphatic rings. The molecule has 3 aromatic rings. The molecule has 136 valence electrons. The van der Waals surface area contributed by atoms with E-state index in [1.54, 1.807) is 22.9 Å². The SMILES string of the molecule is O=c1nc(OC[C@H]2COc3ncccc3O2)cc2n1CCc1ccccc1-2. The Morgan fingerprint density at radius 1 is 1.22 bits per heavy atom. The molecule has 0 saturated heterocycles. The van der Waals surface area contributed by atoms with Crippen LogP contribution >= 0.6 is 0 Å². The Bertz CT molecular complexity index is 1060. The van der Waals surface area contributed by atoms with Gasteiger partial charge < -0.3 is 14.2 Å². The highest BCUT2D eigenvalue weighted by atomic mass is 16.6. The van der Waals surface area contributed by atoms with E-state index in [0.29, 0.717) is 30.7 Å². The van der Waals surface area contributed by atoms with E-state index in [1.165, 1.54) is 5.56 Å². The largest absolute Gasteiger partial charge is 0.478 e. The minimum atomic E-state index is -0.299. The molecule has 0 amide bonds. The van der Waals surface area contributed by atoms with Gasteiger partial charge in [-0.05, 0) is 24.1 Å². The second-order valence-electron chi connectivity index (χ2n) is 6.49. The van der Waals surface area contributed by atoms with Gasteiger partial charge in [-0.15, -0.1) is 0 Å². The van der Waals surface area contributed by atoms with Crippen molar-refractivity contribution in [3.63, 3.8) is 0 Å². The van der Waals surface area contributed by atoms with Crippen LogP contribution in [0.3, 0.4) is 0 Å².